The molecular formula is C25H42O4. The van der Waals surface area contributed by atoms with Crippen LogP contribution in [-0.4, -0.2) is 23.1 Å². The summed E-state index contributed by atoms with van der Waals surface area (Å²) in [5, 5.41) is 0. The van der Waals surface area contributed by atoms with Crippen molar-refractivity contribution in [1.29, 1.82) is 0 Å². The van der Waals surface area contributed by atoms with E-state index < -0.39 is 16.4 Å². The lowest BCUT2D eigenvalue weighted by Gasteiger charge is -2.60. The van der Waals surface area contributed by atoms with Crippen molar-refractivity contribution in [2.45, 2.75) is 112 Å². The van der Waals surface area contributed by atoms with Gasteiger partial charge in [0.25, 0.3) is 0 Å². The van der Waals surface area contributed by atoms with Crippen LogP contribution in [0.5, 0.6) is 0 Å². The molecule has 0 aliphatic heterocycles. The van der Waals surface area contributed by atoms with Crippen LogP contribution in [0.1, 0.15) is 100 Å². The summed E-state index contributed by atoms with van der Waals surface area (Å²) < 4.78 is 12.1. The first-order valence-corrected chi connectivity index (χ1v) is 11.7. The number of hydrogen-bond donors (Lipinski definition) is 0. The molecule has 0 amide bonds. The van der Waals surface area contributed by atoms with E-state index in [4.69, 9.17) is 9.47 Å². The van der Waals surface area contributed by atoms with Crippen LogP contribution in [0.2, 0.25) is 0 Å². The van der Waals surface area contributed by atoms with Crippen molar-refractivity contribution in [3.05, 3.63) is 0 Å². The first-order chi connectivity index (χ1) is 13.2. The van der Waals surface area contributed by atoms with Gasteiger partial charge in [-0.05, 0) is 110 Å². The van der Waals surface area contributed by atoms with Gasteiger partial charge in [0, 0.05) is 0 Å². The molecule has 4 fully saturated rings. The molecule has 0 N–H and O–H groups in total. The molecule has 4 bridgehead atoms. The number of esters is 2. The van der Waals surface area contributed by atoms with Crippen molar-refractivity contribution in [3.8, 4) is 0 Å². The monoisotopic (exact) mass is 406 g/mol. The minimum atomic E-state index is -0.746. The maximum Gasteiger partial charge on any atom is 0.312 e. The third-order valence-corrected chi connectivity index (χ3v) is 8.10. The van der Waals surface area contributed by atoms with Gasteiger partial charge in [-0.2, -0.15) is 0 Å². The summed E-state index contributed by atoms with van der Waals surface area (Å²) in [5.74, 6) is 2.23. The Morgan fingerprint density at radius 2 is 1.48 bits per heavy atom. The van der Waals surface area contributed by atoms with Crippen molar-refractivity contribution in [2.75, 3.05) is 0 Å². The van der Waals surface area contributed by atoms with E-state index in [9.17, 15) is 9.59 Å². The van der Waals surface area contributed by atoms with Gasteiger partial charge in [-0.3, -0.25) is 9.59 Å². The fourth-order valence-corrected chi connectivity index (χ4v) is 6.51. The molecule has 166 valence electrons. The van der Waals surface area contributed by atoms with Gasteiger partial charge in [0.1, 0.15) is 11.2 Å². The normalized spacial score (nSPS) is 35.9. The molecule has 0 aromatic carbocycles. The van der Waals surface area contributed by atoms with E-state index in [1.54, 1.807) is 0 Å². The predicted molar refractivity (Wildman–Crippen MR) is 114 cm³/mol. The van der Waals surface area contributed by atoms with Crippen LogP contribution in [0.4, 0.5) is 0 Å². The molecule has 4 saturated carbocycles. The average molecular weight is 407 g/mol. The number of ether oxygens (including phenoxy) is 2. The maximum atomic E-state index is 13.5. The molecule has 4 heteroatoms. The summed E-state index contributed by atoms with van der Waals surface area (Å²) in [6, 6.07) is 0. The van der Waals surface area contributed by atoms with Crippen LogP contribution in [-0.2, 0) is 19.1 Å². The topological polar surface area (TPSA) is 52.6 Å². The Morgan fingerprint density at radius 1 is 0.931 bits per heavy atom. The van der Waals surface area contributed by atoms with E-state index in [1.165, 1.54) is 19.3 Å². The van der Waals surface area contributed by atoms with Crippen LogP contribution >= 0.6 is 0 Å². The summed E-state index contributed by atoms with van der Waals surface area (Å²) in [7, 11) is 0. The van der Waals surface area contributed by atoms with Crippen LogP contribution < -0.4 is 0 Å². The molecule has 0 aromatic rings. The second kappa shape index (κ2) is 7.27. The van der Waals surface area contributed by atoms with E-state index in [0.29, 0.717) is 24.7 Å². The molecule has 0 saturated heterocycles. The van der Waals surface area contributed by atoms with Crippen LogP contribution in [0, 0.1) is 34.5 Å². The van der Waals surface area contributed by atoms with Crippen LogP contribution in [0.25, 0.3) is 0 Å². The van der Waals surface area contributed by atoms with Crippen molar-refractivity contribution < 1.29 is 19.1 Å². The smallest absolute Gasteiger partial charge is 0.312 e. The fraction of sp³-hybridized carbons (Fsp3) is 0.920. The van der Waals surface area contributed by atoms with Gasteiger partial charge in [0.15, 0.2) is 0 Å². The highest BCUT2D eigenvalue weighted by atomic mass is 16.6. The molecule has 4 rings (SSSR count). The molecule has 4 aliphatic carbocycles. The van der Waals surface area contributed by atoms with Gasteiger partial charge in [0.05, 0.1) is 10.8 Å². The Bertz CT molecular complexity index is 644. The third kappa shape index (κ3) is 4.37. The van der Waals surface area contributed by atoms with E-state index in [1.807, 2.05) is 48.5 Å². The molecule has 29 heavy (non-hydrogen) atoms. The highest BCUT2D eigenvalue weighted by Crippen LogP contribution is 2.60. The predicted octanol–water partition coefficient (Wildman–Crippen LogP) is 5.92. The maximum absolute atomic E-state index is 13.5. The Kier molecular flexibility index (Phi) is 5.67. The summed E-state index contributed by atoms with van der Waals surface area (Å²) in [4.78, 5) is 26.3. The van der Waals surface area contributed by atoms with Crippen LogP contribution in [0.3, 0.4) is 0 Å². The van der Waals surface area contributed by atoms with Gasteiger partial charge in [0.2, 0.25) is 0 Å². The molecule has 0 heterocycles. The minimum absolute atomic E-state index is 0.120. The second-order valence-corrected chi connectivity index (χ2v) is 12.3. The highest BCUT2D eigenvalue weighted by Gasteiger charge is 2.58. The molecule has 4 aliphatic rings. The fourth-order valence-electron chi connectivity index (χ4n) is 6.51. The molecule has 0 aromatic heterocycles. The molecular weight excluding hydrogens is 364 g/mol. The quantitative estimate of drug-likeness (QED) is 0.514. The molecule has 4 nitrogen and oxygen atoms in total. The first-order valence-electron chi connectivity index (χ1n) is 11.7. The van der Waals surface area contributed by atoms with E-state index >= 15 is 0 Å². The highest BCUT2D eigenvalue weighted by molar-refractivity contribution is 5.81. The number of carbonyl (C=O) groups excluding carboxylic acids is 2. The van der Waals surface area contributed by atoms with Gasteiger partial charge in [-0.15, -0.1) is 0 Å². The van der Waals surface area contributed by atoms with Gasteiger partial charge < -0.3 is 9.47 Å². The van der Waals surface area contributed by atoms with E-state index in [2.05, 4.69) is 6.92 Å². The minimum Gasteiger partial charge on any atom is -0.460 e. The van der Waals surface area contributed by atoms with Gasteiger partial charge in [-0.25, -0.2) is 0 Å². The van der Waals surface area contributed by atoms with Gasteiger partial charge in [-0.1, -0.05) is 13.8 Å². The Balaban J connectivity index is 1.75. The van der Waals surface area contributed by atoms with Crippen LogP contribution in [0.15, 0.2) is 0 Å². The van der Waals surface area contributed by atoms with Gasteiger partial charge >= 0.3 is 11.9 Å². The van der Waals surface area contributed by atoms with E-state index in [-0.39, 0.29) is 17.5 Å². The molecule has 4 unspecified atom stereocenters. The lowest BCUT2D eigenvalue weighted by Crippen LogP contribution is -2.59. The molecule has 4 atom stereocenters. The van der Waals surface area contributed by atoms with Crippen molar-refractivity contribution >= 4 is 11.9 Å². The third-order valence-electron chi connectivity index (χ3n) is 8.10. The molecule has 0 spiro atoms. The Labute approximate surface area is 177 Å². The summed E-state index contributed by atoms with van der Waals surface area (Å²) in [6.07, 6.45) is 7.09. The first kappa shape index (κ1) is 22.6. The van der Waals surface area contributed by atoms with Crippen molar-refractivity contribution in [1.82, 2.24) is 0 Å². The molecule has 0 radical (unpaired) electrons. The lowest BCUT2D eigenvalue weighted by atomic mass is 9.50. The number of rotatable bonds is 6. The van der Waals surface area contributed by atoms with Crippen molar-refractivity contribution in [2.24, 2.45) is 34.5 Å². The Morgan fingerprint density at radius 3 is 1.97 bits per heavy atom. The zero-order valence-electron chi connectivity index (χ0n) is 19.9. The zero-order valence-corrected chi connectivity index (χ0v) is 19.9. The largest absolute Gasteiger partial charge is 0.460 e. The van der Waals surface area contributed by atoms with Crippen molar-refractivity contribution in [3.63, 3.8) is 0 Å². The van der Waals surface area contributed by atoms with E-state index in [0.717, 1.165) is 24.7 Å². The zero-order chi connectivity index (χ0) is 21.8. The average Bonchev–Trinajstić information content (AvgIpc) is 2.56. The number of carbonyl (C=O) groups is 2. The SMILES string of the molecule is CCC(C)(CC(C)(C)C(=O)OC(C)(C)C)C(=O)OC12CC3CC(CC(C3)C1C)C2. The lowest BCUT2D eigenvalue weighted by molar-refractivity contribution is -0.215. The number of hydrogen-bond acceptors (Lipinski definition) is 4. The second-order valence-electron chi connectivity index (χ2n) is 12.3. The summed E-state index contributed by atoms with van der Waals surface area (Å²) in [5.41, 5.74) is -2.25. The standard InChI is InChI=1S/C25H42O4/c1-9-24(8,15-23(6,7)20(26)28-22(3,4)5)21(27)29-25-13-17-10-18(14-25)12-19(11-17)16(25)2/h16-19H,9-15H2,1-8H3. The Hall–Kier alpha value is -1.06. The summed E-state index contributed by atoms with van der Waals surface area (Å²) >= 11 is 0. The summed E-state index contributed by atoms with van der Waals surface area (Å²) in [6.45, 7) is 15.7.